The SMILES string of the molecule is CC(=O)N[C@@H](CC(C)C)C(=O)N[C@@H](CCCCN)C(=O)N[C@@H](CC(C)C)C(=O)N[C@@H](CCCCN)C(=O)N[C@@H](CC(C)C)C(=O)N[C@@H](CCCCN)C(=O)N[C@@H](CC(C)C)C(=O)N[C@@H](CCCCN)C(=O)N[C@@H](CC(C)C)C(=O)N[C@@H](CCCCN)C(=O)N[C@@H](CC(C)C)C(=O)N[C@@H](CCCCN)C(=O)N[C@@H](CC(C)C)C(=O)N[C@@H](CCCCN)C(=O)N[C@@H](CC(C)C)C(=O)O. The Balaban J connectivity index is 7.52. The molecule has 0 aliphatic heterocycles. The van der Waals surface area contributed by atoms with Gasteiger partial charge in [0.15, 0.2) is 0 Å². The van der Waals surface area contributed by atoms with Gasteiger partial charge in [-0.05, 0) is 279 Å². The highest BCUT2D eigenvalue weighted by atomic mass is 16.4. The van der Waals surface area contributed by atoms with Gasteiger partial charge in [0.1, 0.15) is 90.6 Å². The van der Waals surface area contributed by atoms with E-state index in [9.17, 15) is 81.8 Å². The van der Waals surface area contributed by atoms with Crippen molar-refractivity contribution in [2.24, 2.45) is 87.5 Å². The maximum Gasteiger partial charge on any atom is 0.326 e. The number of aliphatic carboxylic acids is 1. The van der Waals surface area contributed by atoms with Crippen LogP contribution in [-0.4, -0.2) is 236 Å². The number of hydrogen-bond acceptors (Lipinski definition) is 23. The second-order valence-corrected chi connectivity index (χ2v) is 38.5. The molecule has 15 atom stereocenters. The summed E-state index contributed by atoms with van der Waals surface area (Å²) in [7, 11) is 0. The van der Waals surface area contributed by atoms with Crippen LogP contribution in [0.25, 0.3) is 0 Å². The Kier molecular flexibility index (Phi) is 64.5. The zero-order valence-corrected chi connectivity index (χ0v) is 82.3. The molecule has 0 saturated heterocycles. The molecule has 0 unspecified atom stereocenters. The molecule has 0 spiro atoms. The van der Waals surface area contributed by atoms with Gasteiger partial charge in [0.05, 0.1) is 0 Å². The molecule has 0 aliphatic carbocycles. The standard InChI is InChI=1S/C92H176N22O17/c1-54(2)46-70(100-62(17)115)85(123)101-63(32-18-25-39-93)78(116)108-71(47-55(3)4)86(124)102-64(33-19-26-40-94)79(117)109-72(48-56(5)6)87(125)103-65(34-20-27-41-95)80(118)110-73(49-57(7)8)88(126)104-66(35-21-28-42-96)81(119)111-74(50-58(9)10)89(127)105-67(36-22-29-43-97)82(120)112-75(51-59(11)12)90(128)106-68(37-23-30-44-98)83(121)113-76(52-60(13)14)91(129)107-69(38-24-31-45-99)84(122)114-77(92(130)131)53-61(15)16/h54-61,63-77H,18-53,93-99H2,1-17H3,(H,100,115)(H,101,123)(H,102,124)(H,103,125)(H,104,126)(H,105,127)(H,106,128)(H,107,129)(H,108,116)(H,109,117)(H,110,118)(H,111,119)(H,112,120)(H,113,121)(H,114,122)(H,130,131)/t63-,64-,65-,66-,67-,68-,69-,70-,71-,72-,73-,74-,75-,76-,77-/m0/s1. The second-order valence-electron chi connectivity index (χ2n) is 38.5. The Hall–Kier alpha value is -8.76. The topological polar surface area (TPSA) is 656 Å². The first-order valence-electron chi connectivity index (χ1n) is 48.4. The third kappa shape index (κ3) is 54.3. The number of nitrogens with one attached hydrogen (secondary N) is 15. The molecule has 756 valence electrons. The van der Waals surface area contributed by atoms with E-state index in [0.717, 1.165) is 0 Å². The zero-order chi connectivity index (χ0) is 99.6. The molecule has 0 heterocycles. The summed E-state index contributed by atoms with van der Waals surface area (Å²) in [6.07, 6.45) is 6.96. The van der Waals surface area contributed by atoms with E-state index < -0.39 is 185 Å². The summed E-state index contributed by atoms with van der Waals surface area (Å²) < 4.78 is 0. The summed E-state index contributed by atoms with van der Waals surface area (Å²) in [5.41, 5.74) is 41.3. The molecule has 39 nitrogen and oxygen atoms in total. The number of rotatable bonds is 74. The molecule has 39 heteroatoms. The van der Waals surface area contributed by atoms with Crippen LogP contribution in [0.15, 0.2) is 0 Å². The highest BCUT2D eigenvalue weighted by molar-refractivity contribution is 6.01. The fourth-order valence-corrected chi connectivity index (χ4v) is 15.0. The number of hydrogen-bond donors (Lipinski definition) is 23. The number of carboxylic acids is 1. The Morgan fingerprint density at radius 3 is 0.397 bits per heavy atom. The monoisotopic (exact) mass is 1860 g/mol. The predicted molar refractivity (Wildman–Crippen MR) is 508 cm³/mol. The first-order chi connectivity index (χ1) is 61.7. The maximum absolute atomic E-state index is 14.9. The lowest BCUT2D eigenvalue weighted by atomic mass is 9.98. The van der Waals surface area contributed by atoms with Gasteiger partial charge in [-0.25, -0.2) is 4.79 Å². The summed E-state index contributed by atoms with van der Waals surface area (Å²) in [6.45, 7) is 32.4. The fourth-order valence-electron chi connectivity index (χ4n) is 15.0. The highest BCUT2D eigenvalue weighted by Crippen LogP contribution is 2.20. The molecular weight excluding hydrogens is 1690 g/mol. The smallest absolute Gasteiger partial charge is 0.326 e. The van der Waals surface area contributed by atoms with Gasteiger partial charge in [-0.3, -0.25) is 71.9 Å². The van der Waals surface area contributed by atoms with Gasteiger partial charge in [0, 0.05) is 6.92 Å². The molecule has 30 N–H and O–H groups in total. The van der Waals surface area contributed by atoms with Crippen molar-refractivity contribution in [2.45, 2.75) is 395 Å². The lowest BCUT2D eigenvalue weighted by Crippen LogP contribution is -2.61. The molecule has 0 bridgehead atoms. The van der Waals surface area contributed by atoms with Crippen molar-refractivity contribution in [1.29, 1.82) is 0 Å². The number of carbonyl (C=O) groups excluding carboxylic acids is 15. The van der Waals surface area contributed by atoms with Crippen molar-refractivity contribution >= 4 is 94.6 Å². The van der Waals surface area contributed by atoms with Gasteiger partial charge in [-0.2, -0.15) is 0 Å². The van der Waals surface area contributed by atoms with Crippen molar-refractivity contribution in [3.8, 4) is 0 Å². The van der Waals surface area contributed by atoms with E-state index in [0.29, 0.717) is 103 Å². The predicted octanol–water partition coefficient (Wildman–Crippen LogP) is 1.63. The van der Waals surface area contributed by atoms with Crippen LogP contribution >= 0.6 is 0 Å². The summed E-state index contributed by atoms with van der Waals surface area (Å²) in [5, 5.41) is 51.8. The quantitative estimate of drug-likeness (QED) is 0.0385. The van der Waals surface area contributed by atoms with Crippen LogP contribution in [-0.2, 0) is 76.7 Å². The molecular formula is C92H176N22O17. The molecule has 131 heavy (non-hydrogen) atoms. The van der Waals surface area contributed by atoms with Crippen LogP contribution in [0.4, 0.5) is 0 Å². The summed E-state index contributed by atoms with van der Waals surface area (Å²) >= 11 is 0. The lowest BCUT2D eigenvalue weighted by molar-refractivity contribution is -0.143. The number of carbonyl (C=O) groups is 16. The zero-order valence-electron chi connectivity index (χ0n) is 82.3. The largest absolute Gasteiger partial charge is 0.480 e. The number of nitrogens with two attached hydrogens (primary N) is 7. The Bertz CT molecular complexity index is 3370. The molecule has 0 aromatic heterocycles. The van der Waals surface area contributed by atoms with Crippen molar-refractivity contribution in [2.75, 3.05) is 45.8 Å². The Labute approximate surface area is 780 Å². The van der Waals surface area contributed by atoms with Crippen LogP contribution in [0, 0.1) is 47.3 Å². The van der Waals surface area contributed by atoms with E-state index in [1.54, 1.807) is 0 Å². The average Bonchev–Trinajstić information content (AvgIpc) is 0.854. The van der Waals surface area contributed by atoms with Crippen LogP contribution in [0.2, 0.25) is 0 Å². The van der Waals surface area contributed by atoms with Gasteiger partial charge in [-0.1, -0.05) is 111 Å². The van der Waals surface area contributed by atoms with Crippen LogP contribution in [0.1, 0.15) is 304 Å². The van der Waals surface area contributed by atoms with E-state index in [-0.39, 0.29) is 176 Å². The van der Waals surface area contributed by atoms with E-state index in [1.165, 1.54) is 6.92 Å². The summed E-state index contributed by atoms with van der Waals surface area (Å²) in [6, 6.07) is -18.8. The molecule has 0 aliphatic rings. The van der Waals surface area contributed by atoms with Crippen LogP contribution < -0.4 is 120 Å². The summed E-state index contributed by atoms with van der Waals surface area (Å²) in [4.78, 5) is 229. The number of unbranched alkanes of at least 4 members (excludes halogenated alkanes) is 7. The lowest BCUT2D eigenvalue weighted by Gasteiger charge is -2.30. The second kappa shape index (κ2) is 69.1. The third-order valence-corrected chi connectivity index (χ3v) is 21.8. The van der Waals surface area contributed by atoms with Gasteiger partial charge in [0.2, 0.25) is 88.6 Å². The number of carboxylic acid groups (broad SMARTS) is 1. The molecule has 15 amide bonds. The Morgan fingerprint density at radius 2 is 0.282 bits per heavy atom. The minimum absolute atomic E-state index is 0.00122. The van der Waals surface area contributed by atoms with Crippen molar-refractivity contribution in [3.05, 3.63) is 0 Å². The van der Waals surface area contributed by atoms with Gasteiger partial charge >= 0.3 is 5.97 Å². The minimum atomic E-state index is -1.34. The molecule has 0 radical (unpaired) electrons. The van der Waals surface area contributed by atoms with Crippen LogP contribution in [0.3, 0.4) is 0 Å². The minimum Gasteiger partial charge on any atom is -0.480 e. The van der Waals surface area contributed by atoms with E-state index in [4.69, 9.17) is 40.1 Å². The van der Waals surface area contributed by atoms with Gasteiger partial charge in [-0.15, -0.1) is 0 Å². The van der Waals surface area contributed by atoms with Gasteiger partial charge < -0.3 is 125 Å². The molecule has 0 saturated carbocycles. The van der Waals surface area contributed by atoms with Crippen molar-refractivity contribution < 1.29 is 81.8 Å². The third-order valence-electron chi connectivity index (χ3n) is 21.8. The molecule has 0 aromatic carbocycles. The van der Waals surface area contributed by atoms with Gasteiger partial charge in [0.25, 0.3) is 0 Å². The Morgan fingerprint density at radius 1 is 0.176 bits per heavy atom. The first kappa shape index (κ1) is 122. The van der Waals surface area contributed by atoms with E-state index in [1.807, 2.05) is 111 Å². The highest BCUT2D eigenvalue weighted by Gasteiger charge is 2.40. The van der Waals surface area contributed by atoms with E-state index >= 15 is 0 Å². The molecule has 0 aromatic rings. The average molecular weight is 1860 g/mol. The normalized spacial score (nSPS) is 15.1. The van der Waals surface area contributed by atoms with Crippen LogP contribution in [0.5, 0.6) is 0 Å². The molecule has 0 fully saturated rings. The number of amides is 15. The van der Waals surface area contributed by atoms with Crippen molar-refractivity contribution in [1.82, 2.24) is 79.8 Å². The van der Waals surface area contributed by atoms with Crippen molar-refractivity contribution in [3.63, 3.8) is 0 Å². The molecule has 0 rings (SSSR count). The maximum atomic E-state index is 14.9. The van der Waals surface area contributed by atoms with E-state index in [2.05, 4.69) is 79.8 Å². The first-order valence-corrected chi connectivity index (χ1v) is 48.4. The fraction of sp³-hybridized carbons (Fsp3) is 0.826. The summed E-state index contributed by atoms with van der Waals surface area (Å²) in [5.74, 6) is -13.4.